The van der Waals surface area contributed by atoms with Gasteiger partial charge in [0.2, 0.25) is 11.0 Å². The molecule has 1 aliphatic rings. The number of nitrogens with zero attached hydrogens (tertiary/aromatic N) is 2. The highest BCUT2D eigenvalue weighted by Gasteiger charge is 2.44. The summed E-state index contributed by atoms with van der Waals surface area (Å²) in [4.78, 5) is 12.3. The highest BCUT2D eigenvalue weighted by molar-refractivity contribution is 7.15. The number of benzene rings is 1. The lowest BCUT2D eigenvalue weighted by Gasteiger charge is -2.03. The van der Waals surface area contributed by atoms with E-state index in [1.165, 1.54) is 11.3 Å². The number of rotatable bonds is 5. The summed E-state index contributed by atoms with van der Waals surface area (Å²) in [6, 6.07) is 5.44. The average molecular weight is 370 g/mol. The number of halogens is 2. The van der Waals surface area contributed by atoms with Gasteiger partial charge in [-0.05, 0) is 42.0 Å². The van der Waals surface area contributed by atoms with Crippen LogP contribution in [0, 0.1) is 11.8 Å². The Morgan fingerprint density at radius 3 is 2.65 bits per heavy atom. The molecule has 1 amide bonds. The van der Waals surface area contributed by atoms with Crippen LogP contribution in [-0.2, 0) is 11.2 Å². The van der Waals surface area contributed by atoms with E-state index in [2.05, 4.69) is 29.4 Å². The normalized spacial score (nSPS) is 19.9. The number of carbonyl (C=O) groups is 1. The summed E-state index contributed by atoms with van der Waals surface area (Å²) in [5.74, 6) is 0.626. The molecule has 0 bridgehead atoms. The Bertz CT molecular complexity index is 712. The van der Waals surface area contributed by atoms with Gasteiger partial charge in [0.25, 0.3) is 0 Å². The van der Waals surface area contributed by atoms with Crippen molar-refractivity contribution in [3.8, 4) is 0 Å². The van der Waals surface area contributed by atoms with Gasteiger partial charge in [-0.1, -0.05) is 48.4 Å². The van der Waals surface area contributed by atoms with Crippen molar-refractivity contribution in [3.63, 3.8) is 0 Å². The molecule has 1 saturated carbocycles. The number of aromatic nitrogens is 2. The first-order chi connectivity index (χ1) is 10.9. The van der Waals surface area contributed by atoms with E-state index in [-0.39, 0.29) is 17.7 Å². The highest BCUT2D eigenvalue weighted by atomic mass is 35.5. The highest BCUT2D eigenvalue weighted by Crippen LogP contribution is 2.49. The fourth-order valence-corrected chi connectivity index (χ4v) is 4.07. The zero-order valence-corrected chi connectivity index (χ0v) is 15.2. The first-order valence-corrected chi connectivity index (χ1v) is 9.09. The minimum atomic E-state index is -0.0537. The quantitative estimate of drug-likeness (QED) is 0.824. The minimum Gasteiger partial charge on any atom is -0.300 e. The van der Waals surface area contributed by atoms with Crippen molar-refractivity contribution in [2.45, 2.75) is 32.6 Å². The van der Waals surface area contributed by atoms with E-state index in [1.807, 2.05) is 12.1 Å². The molecule has 1 aromatic carbocycles. The monoisotopic (exact) mass is 369 g/mol. The lowest BCUT2D eigenvalue weighted by Crippen LogP contribution is -2.14. The predicted molar refractivity (Wildman–Crippen MR) is 94.4 cm³/mol. The van der Waals surface area contributed by atoms with Crippen LogP contribution in [0.5, 0.6) is 0 Å². The van der Waals surface area contributed by atoms with Gasteiger partial charge in [0, 0.05) is 22.4 Å². The van der Waals surface area contributed by atoms with Crippen LogP contribution in [0.25, 0.3) is 0 Å². The second kappa shape index (κ2) is 6.75. The van der Waals surface area contributed by atoms with Crippen LogP contribution < -0.4 is 5.32 Å². The Kier molecular flexibility index (Phi) is 4.90. The molecule has 1 aromatic heterocycles. The van der Waals surface area contributed by atoms with Crippen LogP contribution in [0.15, 0.2) is 18.2 Å². The van der Waals surface area contributed by atoms with Crippen LogP contribution in [0.4, 0.5) is 5.13 Å². The molecule has 7 heteroatoms. The molecule has 23 heavy (non-hydrogen) atoms. The van der Waals surface area contributed by atoms with Crippen molar-refractivity contribution in [1.29, 1.82) is 0 Å². The maximum absolute atomic E-state index is 12.3. The largest absolute Gasteiger partial charge is 0.300 e. The summed E-state index contributed by atoms with van der Waals surface area (Å²) in [5, 5.41) is 13.7. The van der Waals surface area contributed by atoms with Crippen molar-refractivity contribution in [2.24, 2.45) is 11.8 Å². The number of nitrogens with one attached hydrogen (secondary N) is 1. The molecule has 0 saturated heterocycles. The summed E-state index contributed by atoms with van der Waals surface area (Å²) in [5.41, 5.74) is 1.01. The Balaban J connectivity index is 1.61. The van der Waals surface area contributed by atoms with E-state index in [4.69, 9.17) is 23.2 Å². The molecule has 0 spiro atoms. The van der Waals surface area contributed by atoms with Gasteiger partial charge in [-0.25, -0.2) is 0 Å². The van der Waals surface area contributed by atoms with Crippen molar-refractivity contribution in [2.75, 3.05) is 5.32 Å². The lowest BCUT2D eigenvalue weighted by molar-refractivity contribution is -0.117. The summed E-state index contributed by atoms with van der Waals surface area (Å²) in [6.07, 6.45) is 1.68. The van der Waals surface area contributed by atoms with Gasteiger partial charge < -0.3 is 5.32 Å². The fourth-order valence-electron chi connectivity index (χ4n) is 2.58. The van der Waals surface area contributed by atoms with Gasteiger partial charge in [-0.3, -0.25) is 4.79 Å². The van der Waals surface area contributed by atoms with Crippen molar-refractivity contribution in [1.82, 2.24) is 10.2 Å². The zero-order valence-electron chi connectivity index (χ0n) is 12.8. The molecule has 0 radical (unpaired) electrons. The van der Waals surface area contributed by atoms with E-state index in [0.717, 1.165) is 23.4 Å². The third-order valence-electron chi connectivity index (χ3n) is 3.72. The summed E-state index contributed by atoms with van der Waals surface area (Å²) < 4.78 is 0. The van der Waals surface area contributed by atoms with Gasteiger partial charge in [-0.15, -0.1) is 10.2 Å². The number of hydrogen-bond donors (Lipinski definition) is 1. The van der Waals surface area contributed by atoms with Gasteiger partial charge in [-0.2, -0.15) is 0 Å². The number of hydrogen-bond acceptors (Lipinski definition) is 4. The zero-order chi connectivity index (χ0) is 16.6. The van der Waals surface area contributed by atoms with E-state index in [1.54, 1.807) is 6.07 Å². The molecule has 0 aliphatic heterocycles. The molecular weight excluding hydrogens is 353 g/mol. The van der Waals surface area contributed by atoms with Gasteiger partial charge in [0.15, 0.2) is 0 Å². The first kappa shape index (κ1) is 16.7. The average Bonchev–Trinajstić information content (AvgIpc) is 3.14. The van der Waals surface area contributed by atoms with Crippen molar-refractivity contribution in [3.05, 3.63) is 38.8 Å². The van der Waals surface area contributed by atoms with Crippen molar-refractivity contribution >= 4 is 45.6 Å². The molecule has 2 aromatic rings. The topological polar surface area (TPSA) is 54.9 Å². The van der Waals surface area contributed by atoms with Gasteiger partial charge >= 0.3 is 0 Å². The molecule has 1 aliphatic carbocycles. The standard InChI is InChI=1S/C16H17Cl2N3OS/c1-8(2)3-14-20-21-16(23-14)19-15(22)13-7-12(13)9-4-10(17)6-11(18)5-9/h4-6,8,12-13H,3,7H2,1-2H3,(H,19,21,22)/t12-,13+/m1/s1. The fraction of sp³-hybridized carbons (Fsp3) is 0.438. The van der Waals surface area contributed by atoms with Gasteiger partial charge in [0.05, 0.1) is 0 Å². The molecule has 4 nitrogen and oxygen atoms in total. The Labute approximate surface area is 149 Å². The van der Waals surface area contributed by atoms with Crippen LogP contribution in [-0.4, -0.2) is 16.1 Å². The summed E-state index contributed by atoms with van der Waals surface area (Å²) in [6.45, 7) is 4.26. The molecule has 1 N–H and O–H groups in total. The molecule has 1 heterocycles. The second-order valence-electron chi connectivity index (χ2n) is 6.24. The third-order valence-corrected chi connectivity index (χ3v) is 5.02. The Morgan fingerprint density at radius 2 is 2.00 bits per heavy atom. The molecule has 122 valence electrons. The predicted octanol–water partition coefficient (Wildman–Crippen LogP) is 4.79. The summed E-state index contributed by atoms with van der Waals surface area (Å²) in [7, 11) is 0. The summed E-state index contributed by atoms with van der Waals surface area (Å²) >= 11 is 13.5. The third kappa shape index (κ3) is 4.22. The van der Waals surface area contributed by atoms with Crippen molar-refractivity contribution < 1.29 is 4.79 Å². The minimum absolute atomic E-state index is 0.0154. The lowest BCUT2D eigenvalue weighted by atomic mass is 10.1. The van der Waals surface area contributed by atoms with E-state index in [9.17, 15) is 4.79 Å². The molecule has 3 rings (SSSR count). The Morgan fingerprint density at radius 1 is 1.30 bits per heavy atom. The van der Waals surface area contributed by atoms with Gasteiger partial charge in [0.1, 0.15) is 5.01 Å². The first-order valence-electron chi connectivity index (χ1n) is 7.51. The maximum atomic E-state index is 12.3. The maximum Gasteiger partial charge on any atom is 0.229 e. The molecular formula is C16H17Cl2N3OS. The second-order valence-corrected chi connectivity index (χ2v) is 8.17. The van der Waals surface area contributed by atoms with E-state index < -0.39 is 0 Å². The van der Waals surface area contributed by atoms with E-state index >= 15 is 0 Å². The van der Waals surface area contributed by atoms with Crippen LogP contribution in [0.2, 0.25) is 10.0 Å². The van der Waals surface area contributed by atoms with Crippen LogP contribution >= 0.6 is 34.5 Å². The van der Waals surface area contributed by atoms with Crippen LogP contribution in [0.3, 0.4) is 0 Å². The molecule has 2 atom stereocenters. The SMILES string of the molecule is CC(C)Cc1nnc(NC(=O)[C@H]2C[C@@H]2c2cc(Cl)cc(Cl)c2)s1. The number of amides is 1. The number of carbonyl (C=O) groups excluding carboxylic acids is 1. The molecule has 1 fully saturated rings. The number of anilines is 1. The van der Waals surface area contributed by atoms with Crippen LogP contribution in [0.1, 0.15) is 36.8 Å². The molecule has 0 unspecified atom stereocenters. The smallest absolute Gasteiger partial charge is 0.229 e. The van der Waals surface area contributed by atoms with E-state index in [0.29, 0.717) is 21.1 Å². The Hall–Kier alpha value is -1.17.